The van der Waals surface area contributed by atoms with Crippen molar-refractivity contribution in [2.75, 3.05) is 13.2 Å². The van der Waals surface area contributed by atoms with Gasteiger partial charge in [-0.3, -0.25) is 4.98 Å². The van der Waals surface area contributed by atoms with Crippen LogP contribution in [0.15, 0.2) is 18.5 Å². The Labute approximate surface area is 117 Å². The molecule has 0 saturated carbocycles. The number of nitrogens with zero attached hydrogens (tertiary/aromatic N) is 1. The summed E-state index contributed by atoms with van der Waals surface area (Å²) >= 11 is 0. The van der Waals surface area contributed by atoms with E-state index in [-0.39, 0.29) is 0 Å². The number of hydrogen-bond donors (Lipinski definition) is 1. The maximum absolute atomic E-state index is 6.00. The molecule has 1 N–H and O–H groups in total. The van der Waals surface area contributed by atoms with Crippen molar-refractivity contribution < 1.29 is 4.74 Å². The largest absolute Gasteiger partial charge is 0.493 e. The van der Waals surface area contributed by atoms with Crippen molar-refractivity contribution >= 4 is 0 Å². The first kappa shape index (κ1) is 16.0. The van der Waals surface area contributed by atoms with Crippen LogP contribution in [-0.4, -0.2) is 18.1 Å². The van der Waals surface area contributed by atoms with E-state index in [1.807, 2.05) is 12.3 Å². The maximum Gasteiger partial charge on any atom is 0.126 e. The van der Waals surface area contributed by atoms with Crippen LogP contribution in [0.1, 0.15) is 52.0 Å². The summed E-state index contributed by atoms with van der Waals surface area (Å²) in [6.07, 6.45) is 8.71. The highest BCUT2D eigenvalue weighted by molar-refractivity contribution is 5.29. The van der Waals surface area contributed by atoms with Gasteiger partial charge >= 0.3 is 0 Å². The molecule has 0 bridgehead atoms. The standard InChI is InChI=1S/C16H28N2O/c1-4-7-8-14(5-2)13-19-16-9-10-18-12-15(16)11-17-6-3/h9-10,12,14,17H,4-8,11,13H2,1-3H3. The van der Waals surface area contributed by atoms with Gasteiger partial charge in [0.2, 0.25) is 0 Å². The van der Waals surface area contributed by atoms with Crippen molar-refractivity contribution in [3.8, 4) is 5.75 Å². The first-order valence-electron chi connectivity index (χ1n) is 7.58. The van der Waals surface area contributed by atoms with Crippen LogP contribution in [0.2, 0.25) is 0 Å². The van der Waals surface area contributed by atoms with E-state index in [1.165, 1.54) is 25.7 Å². The molecule has 0 aliphatic carbocycles. The molecular formula is C16H28N2O. The monoisotopic (exact) mass is 264 g/mol. The van der Waals surface area contributed by atoms with Gasteiger partial charge in [-0.15, -0.1) is 0 Å². The molecule has 0 amide bonds. The SMILES string of the molecule is CCCCC(CC)COc1ccncc1CNCC. The number of ether oxygens (including phenoxy) is 1. The number of unbranched alkanes of at least 4 members (excludes halogenated alkanes) is 1. The van der Waals surface area contributed by atoms with Gasteiger partial charge in [0, 0.05) is 24.5 Å². The third-order valence-corrected chi connectivity index (χ3v) is 3.44. The van der Waals surface area contributed by atoms with Gasteiger partial charge in [0.1, 0.15) is 5.75 Å². The van der Waals surface area contributed by atoms with E-state index >= 15 is 0 Å². The van der Waals surface area contributed by atoms with Crippen molar-refractivity contribution in [2.24, 2.45) is 5.92 Å². The van der Waals surface area contributed by atoms with Gasteiger partial charge in [-0.25, -0.2) is 0 Å². The van der Waals surface area contributed by atoms with E-state index in [4.69, 9.17) is 4.74 Å². The third kappa shape index (κ3) is 6.06. The minimum Gasteiger partial charge on any atom is -0.493 e. The Balaban J connectivity index is 2.50. The number of pyridine rings is 1. The average Bonchev–Trinajstić information content (AvgIpc) is 2.46. The van der Waals surface area contributed by atoms with Crippen molar-refractivity contribution in [2.45, 2.75) is 53.0 Å². The van der Waals surface area contributed by atoms with Gasteiger partial charge in [-0.2, -0.15) is 0 Å². The fourth-order valence-electron chi connectivity index (χ4n) is 2.05. The quantitative estimate of drug-likeness (QED) is 0.698. The highest BCUT2D eigenvalue weighted by Gasteiger charge is 2.09. The van der Waals surface area contributed by atoms with Crippen LogP contribution in [0.5, 0.6) is 5.75 Å². The predicted octanol–water partition coefficient (Wildman–Crippen LogP) is 3.79. The summed E-state index contributed by atoms with van der Waals surface area (Å²) in [5.74, 6) is 1.64. The molecule has 0 aliphatic heterocycles. The molecule has 19 heavy (non-hydrogen) atoms. The fraction of sp³-hybridized carbons (Fsp3) is 0.688. The number of aromatic nitrogens is 1. The van der Waals surface area contributed by atoms with Crippen LogP contribution in [-0.2, 0) is 6.54 Å². The summed E-state index contributed by atoms with van der Waals surface area (Å²) in [7, 11) is 0. The van der Waals surface area contributed by atoms with Gasteiger partial charge < -0.3 is 10.1 Å². The van der Waals surface area contributed by atoms with E-state index in [1.54, 1.807) is 6.20 Å². The maximum atomic E-state index is 6.00. The van der Waals surface area contributed by atoms with Crippen LogP contribution in [0.4, 0.5) is 0 Å². The minimum atomic E-state index is 0.667. The van der Waals surface area contributed by atoms with Gasteiger partial charge in [-0.1, -0.05) is 40.0 Å². The zero-order valence-electron chi connectivity index (χ0n) is 12.6. The second-order valence-corrected chi connectivity index (χ2v) is 4.99. The van der Waals surface area contributed by atoms with Crippen molar-refractivity contribution in [1.82, 2.24) is 10.3 Å². The van der Waals surface area contributed by atoms with Crippen LogP contribution in [0, 0.1) is 5.92 Å². The van der Waals surface area contributed by atoms with E-state index in [2.05, 4.69) is 31.1 Å². The second kappa shape index (κ2) is 9.79. The number of rotatable bonds is 10. The Morgan fingerprint density at radius 2 is 2.16 bits per heavy atom. The Bertz CT molecular complexity index is 341. The fourth-order valence-corrected chi connectivity index (χ4v) is 2.05. The van der Waals surface area contributed by atoms with E-state index in [9.17, 15) is 0 Å². The molecule has 0 fully saturated rings. The summed E-state index contributed by atoms with van der Waals surface area (Å²) < 4.78 is 6.00. The second-order valence-electron chi connectivity index (χ2n) is 4.99. The van der Waals surface area contributed by atoms with E-state index in [0.717, 1.165) is 31.0 Å². The Morgan fingerprint density at radius 3 is 2.84 bits per heavy atom. The summed E-state index contributed by atoms with van der Waals surface area (Å²) in [5, 5.41) is 3.32. The Kier molecular flexibility index (Phi) is 8.23. The van der Waals surface area contributed by atoms with Crippen molar-refractivity contribution in [3.05, 3.63) is 24.0 Å². The number of nitrogens with one attached hydrogen (secondary N) is 1. The van der Waals surface area contributed by atoms with E-state index in [0.29, 0.717) is 5.92 Å². The van der Waals surface area contributed by atoms with Crippen molar-refractivity contribution in [1.29, 1.82) is 0 Å². The van der Waals surface area contributed by atoms with Crippen molar-refractivity contribution in [3.63, 3.8) is 0 Å². The minimum absolute atomic E-state index is 0.667. The van der Waals surface area contributed by atoms with Crippen LogP contribution in [0.3, 0.4) is 0 Å². The lowest BCUT2D eigenvalue weighted by Gasteiger charge is -2.17. The zero-order valence-corrected chi connectivity index (χ0v) is 12.6. The molecule has 1 atom stereocenters. The molecule has 108 valence electrons. The van der Waals surface area contributed by atoms with Crippen LogP contribution in [0.25, 0.3) is 0 Å². The Morgan fingerprint density at radius 1 is 1.32 bits per heavy atom. The smallest absolute Gasteiger partial charge is 0.126 e. The molecule has 0 aromatic carbocycles. The highest BCUT2D eigenvalue weighted by atomic mass is 16.5. The lowest BCUT2D eigenvalue weighted by Crippen LogP contribution is -2.15. The molecule has 1 heterocycles. The molecule has 0 aliphatic rings. The van der Waals surface area contributed by atoms with E-state index < -0.39 is 0 Å². The topological polar surface area (TPSA) is 34.1 Å². The van der Waals surface area contributed by atoms with Crippen LogP contribution >= 0.6 is 0 Å². The molecule has 0 spiro atoms. The van der Waals surface area contributed by atoms with Gasteiger partial charge in [0.15, 0.2) is 0 Å². The highest BCUT2D eigenvalue weighted by Crippen LogP contribution is 2.19. The molecule has 1 aromatic heterocycles. The molecular weight excluding hydrogens is 236 g/mol. The molecule has 3 heteroatoms. The molecule has 1 aromatic rings. The lowest BCUT2D eigenvalue weighted by molar-refractivity contribution is 0.231. The molecule has 0 radical (unpaired) electrons. The van der Waals surface area contributed by atoms with Gasteiger partial charge in [0.25, 0.3) is 0 Å². The third-order valence-electron chi connectivity index (χ3n) is 3.44. The van der Waals surface area contributed by atoms with Gasteiger partial charge in [0.05, 0.1) is 6.61 Å². The first-order valence-corrected chi connectivity index (χ1v) is 7.58. The summed E-state index contributed by atoms with van der Waals surface area (Å²) in [6.45, 7) is 9.20. The molecule has 3 nitrogen and oxygen atoms in total. The predicted molar refractivity (Wildman–Crippen MR) is 80.4 cm³/mol. The molecule has 1 rings (SSSR count). The van der Waals surface area contributed by atoms with Crippen LogP contribution < -0.4 is 10.1 Å². The normalized spacial score (nSPS) is 12.4. The zero-order chi connectivity index (χ0) is 13.9. The summed E-state index contributed by atoms with van der Waals surface area (Å²) in [5.41, 5.74) is 1.15. The Hall–Kier alpha value is -1.09. The lowest BCUT2D eigenvalue weighted by atomic mass is 10.0. The molecule has 0 saturated heterocycles. The first-order chi connectivity index (χ1) is 9.31. The van der Waals surface area contributed by atoms with Gasteiger partial charge in [-0.05, 0) is 24.9 Å². The number of hydrogen-bond acceptors (Lipinski definition) is 3. The summed E-state index contributed by atoms with van der Waals surface area (Å²) in [6, 6.07) is 1.97. The molecule has 1 unspecified atom stereocenters. The average molecular weight is 264 g/mol. The summed E-state index contributed by atoms with van der Waals surface area (Å²) in [4.78, 5) is 4.18.